The van der Waals surface area contributed by atoms with Crippen molar-refractivity contribution >= 4 is 79.5 Å². The maximum Gasteiger partial charge on any atom is 0.226 e. The molecule has 0 unspecified atom stereocenters. The Morgan fingerprint density at radius 2 is 0.348 bits per heavy atom. The Morgan fingerprint density at radius 1 is 0.130 bits per heavy atom. The van der Waals surface area contributed by atoms with Crippen LogP contribution in [0.3, 0.4) is 0 Å². The highest BCUT2D eigenvalue weighted by molar-refractivity contribution is 6.29. The van der Waals surface area contributed by atoms with Gasteiger partial charge in [-0.1, -0.05) is 364 Å². The minimum atomic E-state index is 0.189. The summed E-state index contributed by atoms with van der Waals surface area (Å²) >= 11 is 30.5. The maximum atomic E-state index is 6.14. The molecule has 15 nitrogen and oxygen atoms in total. The Morgan fingerprint density at radius 3 is 0.722 bits per heavy atom. The molecular formula is C95H62Cl5N15. The zero-order valence-corrected chi connectivity index (χ0v) is 64.7. The van der Waals surface area contributed by atoms with Crippen LogP contribution in [0.4, 0.5) is 0 Å². The summed E-state index contributed by atoms with van der Waals surface area (Å²) in [5.74, 6) is 5.76. The standard InChI is InChI=1S/2C21H14ClN3.2C19H12ClN3.C15H10ClN3/c22-21-24-19(16-10-5-2-6-11-16)23-20(25-21)18-13-7-12-17(14-18)15-8-3-1-4-9-15;22-21-24-19(17-9-5-2-6-10-17)23-20(25-21)18-13-11-16(12-14-18)15-7-3-1-4-8-15;20-19-22-17(14-8-2-1-3-9-14)21-18(23-19)16-12-6-10-13-7-4-5-11-15(13)16;20-19-22-17(14-7-2-1-3-8-14)21-18(23-19)16-11-10-13-6-4-5-9-15(13)12-16;16-15-18-13(11-7-3-1-4-8-11)17-14(19-15)12-9-5-2-6-10-12/h2*1-14H;2*1-12H;1-10H. The molecule has 19 aromatic rings. The number of nitrogens with zero attached hydrogens (tertiary/aromatic N) is 15. The van der Waals surface area contributed by atoms with Crippen molar-refractivity contribution in [1.29, 1.82) is 0 Å². The third-order valence-electron chi connectivity index (χ3n) is 17.7. The number of benzene rings is 14. The summed E-state index contributed by atoms with van der Waals surface area (Å²) in [5, 5.41) is 5.53. The van der Waals surface area contributed by atoms with Crippen LogP contribution in [0.2, 0.25) is 26.4 Å². The summed E-state index contributed by atoms with van der Waals surface area (Å²) in [4.78, 5) is 65.3. The van der Waals surface area contributed by atoms with Gasteiger partial charge in [-0.25, -0.2) is 24.9 Å². The molecule has 0 radical (unpaired) electrons. The van der Waals surface area contributed by atoms with Gasteiger partial charge in [-0.3, -0.25) is 0 Å². The van der Waals surface area contributed by atoms with Gasteiger partial charge in [-0.2, -0.15) is 49.8 Å². The van der Waals surface area contributed by atoms with E-state index < -0.39 is 0 Å². The van der Waals surface area contributed by atoms with Gasteiger partial charge in [0.25, 0.3) is 0 Å². The van der Waals surface area contributed by atoms with Gasteiger partial charge in [-0.05, 0) is 114 Å². The third-order valence-corrected chi connectivity index (χ3v) is 18.6. The van der Waals surface area contributed by atoms with Crippen molar-refractivity contribution in [3.63, 3.8) is 0 Å². The average Bonchev–Trinajstić information content (AvgIpc) is 0.799. The molecule has 20 heteroatoms. The molecule has 0 saturated carbocycles. The largest absolute Gasteiger partial charge is 0.226 e. The fraction of sp³-hybridized carbons (Fsp3) is 0. The summed E-state index contributed by atoms with van der Waals surface area (Å²) < 4.78 is 0. The number of rotatable bonds is 12. The van der Waals surface area contributed by atoms with E-state index >= 15 is 0 Å². The van der Waals surface area contributed by atoms with Gasteiger partial charge in [0, 0.05) is 55.6 Å². The number of fused-ring (bicyclic) bond motifs is 2. The molecular weight excluding hydrogens is 1530 g/mol. The van der Waals surface area contributed by atoms with E-state index in [0.29, 0.717) is 58.2 Å². The summed E-state index contributed by atoms with van der Waals surface area (Å²) in [5.41, 5.74) is 13.7. The van der Waals surface area contributed by atoms with E-state index in [9.17, 15) is 0 Å². The van der Waals surface area contributed by atoms with Crippen molar-refractivity contribution in [1.82, 2.24) is 74.8 Å². The van der Waals surface area contributed by atoms with Crippen molar-refractivity contribution in [3.8, 4) is 136 Å². The first-order chi connectivity index (χ1) is 56.5. The summed E-state index contributed by atoms with van der Waals surface area (Å²) in [6, 6.07) is 124. The van der Waals surface area contributed by atoms with Crippen molar-refractivity contribution < 1.29 is 0 Å². The first-order valence-electron chi connectivity index (χ1n) is 36.2. The molecule has 0 aliphatic heterocycles. The van der Waals surface area contributed by atoms with E-state index in [2.05, 4.69) is 166 Å². The molecule has 0 N–H and O–H groups in total. The molecule has 19 rings (SSSR count). The number of halogens is 5. The lowest BCUT2D eigenvalue weighted by Gasteiger charge is -2.07. The minimum absolute atomic E-state index is 0.189. The van der Waals surface area contributed by atoms with Crippen molar-refractivity contribution in [3.05, 3.63) is 403 Å². The van der Waals surface area contributed by atoms with Gasteiger partial charge in [-0.15, -0.1) is 0 Å². The molecule has 0 spiro atoms. The molecule has 5 heterocycles. The second kappa shape index (κ2) is 37.4. The van der Waals surface area contributed by atoms with E-state index in [1.54, 1.807) is 0 Å². The molecule has 0 aliphatic rings. The van der Waals surface area contributed by atoms with Crippen LogP contribution in [0.1, 0.15) is 0 Å². The molecule has 115 heavy (non-hydrogen) atoms. The second-order valence-corrected chi connectivity index (χ2v) is 27.1. The third kappa shape index (κ3) is 20.1. The van der Waals surface area contributed by atoms with Crippen LogP contribution in [0.5, 0.6) is 0 Å². The Labute approximate surface area is 688 Å². The molecule has 0 bridgehead atoms. The van der Waals surface area contributed by atoms with Crippen LogP contribution in [0.15, 0.2) is 376 Å². The predicted molar refractivity (Wildman–Crippen MR) is 464 cm³/mol. The predicted octanol–water partition coefficient (Wildman–Crippen LogP) is 24.9. The Bertz CT molecular complexity index is 6390. The summed E-state index contributed by atoms with van der Waals surface area (Å²) in [6.07, 6.45) is 0. The first-order valence-corrected chi connectivity index (χ1v) is 38.1. The molecule has 0 fully saturated rings. The Balaban J connectivity index is 0.000000113. The molecule has 0 atom stereocenters. The molecule has 5 aromatic heterocycles. The maximum absolute atomic E-state index is 6.14. The van der Waals surface area contributed by atoms with Gasteiger partial charge in [0.1, 0.15) is 0 Å². The van der Waals surface area contributed by atoms with Gasteiger partial charge in [0.2, 0.25) is 26.4 Å². The molecule has 552 valence electrons. The van der Waals surface area contributed by atoms with E-state index in [1.165, 1.54) is 10.9 Å². The quantitative estimate of drug-likeness (QED) is 0.112. The minimum Gasteiger partial charge on any atom is -0.208 e. The van der Waals surface area contributed by atoms with Crippen molar-refractivity contribution in [2.45, 2.75) is 0 Å². The monoisotopic (exact) mass is 1590 g/mol. The summed E-state index contributed by atoms with van der Waals surface area (Å²) in [7, 11) is 0. The van der Waals surface area contributed by atoms with Crippen molar-refractivity contribution in [2.75, 3.05) is 0 Å². The van der Waals surface area contributed by atoms with Crippen LogP contribution in [-0.4, -0.2) is 74.8 Å². The van der Waals surface area contributed by atoms with Gasteiger partial charge in [0.05, 0.1) is 0 Å². The Kier molecular flexibility index (Phi) is 24.9. The second-order valence-electron chi connectivity index (χ2n) is 25.4. The van der Waals surface area contributed by atoms with Gasteiger partial charge in [0.15, 0.2) is 58.2 Å². The topological polar surface area (TPSA) is 193 Å². The lowest BCUT2D eigenvalue weighted by Crippen LogP contribution is -1.97. The lowest BCUT2D eigenvalue weighted by molar-refractivity contribution is 1.07. The van der Waals surface area contributed by atoms with Crippen LogP contribution in [0.25, 0.3) is 158 Å². The van der Waals surface area contributed by atoms with Crippen LogP contribution < -0.4 is 0 Å². The van der Waals surface area contributed by atoms with Crippen LogP contribution in [0, 0.1) is 0 Å². The fourth-order valence-electron chi connectivity index (χ4n) is 12.2. The van der Waals surface area contributed by atoms with E-state index in [4.69, 9.17) is 58.0 Å². The lowest BCUT2D eigenvalue weighted by atomic mass is 10.0. The fourth-order valence-corrected chi connectivity index (χ4v) is 13.0. The normalized spacial score (nSPS) is 10.7. The van der Waals surface area contributed by atoms with Crippen LogP contribution >= 0.6 is 58.0 Å². The highest BCUT2D eigenvalue weighted by Gasteiger charge is 2.17. The zero-order valence-electron chi connectivity index (χ0n) is 60.9. The SMILES string of the molecule is Clc1nc(-c2ccccc2)nc(-c2ccc(-c3ccccc3)cc2)n1.Clc1nc(-c2ccccc2)nc(-c2ccc3ccccc3c2)n1.Clc1nc(-c2ccccc2)nc(-c2cccc(-c3ccccc3)c2)n1.Clc1nc(-c2ccccc2)nc(-c2cccc3ccccc23)n1.Clc1nc(-c2ccccc2)nc(-c2ccccc2)n1. The highest BCUT2D eigenvalue weighted by atomic mass is 35.5. The van der Waals surface area contributed by atoms with Gasteiger partial charge >= 0.3 is 0 Å². The number of hydrogen-bond donors (Lipinski definition) is 0. The van der Waals surface area contributed by atoms with E-state index in [-0.39, 0.29) is 26.4 Å². The highest BCUT2D eigenvalue weighted by Crippen LogP contribution is 2.33. The first kappa shape index (κ1) is 76.5. The Hall–Kier alpha value is -13.9. The molecule has 0 aliphatic carbocycles. The number of hydrogen-bond acceptors (Lipinski definition) is 15. The summed E-state index contributed by atoms with van der Waals surface area (Å²) in [6.45, 7) is 0. The molecule has 0 saturated heterocycles. The average molecular weight is 1590 g/mol. The van der Waals surface area contributed by atoms with Gasteiger partial charge < -0.3 is 0 Å². The van der Waals surface area contributed by atoms with Crippen LogP contribution in [-0.2, 0) is 0 Å². The smallest absolute Gasteiger partial charge is 0.208 e. The molecule has 14 aromatic carbocycles. The molecule has 0 amide bonds. The van der Waals surface area contributed by atoms with Crippen molar-refractivity contribution in [2.24, 2.45) is 0 Å². The van der Waals surface area contributed by atoms with E-state index in [0.717, 1.165) is 88.5 Å². The zero-order chi connectivity index (χ0) is 78.5. The van der Waals surface area contributed by atoms with E-state index in [1.807, 2.05) is 285 Å². The number of aromatic nitrogens is 15.